The third-order valence-electron chi connectivity index (χ3n) is 4.89. The molecule has 0 spiro atoms. The van der Waals surface area contributed by atoms with Crippen LogP contribution in [0, 0.1) is 0 Å². The monoisotopic (exact) mass is 489 g/mol. The average Bonchev–Trinajstić information content (AvgIpc) is 3.39. The zero-order valence-electron chi connectivity index (χ0n) is 18.3. The van der Waals surface area contributed by atoms with Gasteiger partial charge in [-0.1, -0.05) is 11.3 Å². The fourth-order valence-electron chi connectivity index (χ4n) is 3.12. The Morgan fingerprint density at radius 3 is 2.45 bits per heavy atom. The number of hydrogen-bond donors (Lipinski definition) is 1. The molecular weight excluding hydrogens is 470 g/mol. The largest absolute Gasteiger partial charge is 0.493 e. The molecule has 3 aromatic heterocycles. The second-order valence-electron chi connectivity index (χ2n) is 6.83. The highest BCUT2D eigenvalue weighted by atomic mass is 32.2. The molecule has 0 aliphatic carbocycles. The molecule has 0 bridgehead atoms. The Morgan fingerprint density at radius 1 is 1.03 bits per heavy atom. The summed E-state index contributed by atoms with van der Waals surface area (Å²) in [6.07, 6.45) is 0. The van der Waals surface area contributed by atoms with Crippen molar-refractivity contribution in [1.82, 2.24) is 28.9 Å². The summed E-state index contributed by atoms with van der Waals surface area (Å²) in [6.45, 7) is 0. The van der Waals surface area contributed by atoms with Crippen LogP contribution < -0.4 is 26.0 Å². The lowest BCUT2D eigenvalue weighted by Gasteiger charge is -2.08. The SMILES string of the molecule is COc1ccc(C(=O)Nc2nnc(Sc3nc4c(c(=O)n(C)c(=O)n4C)n3C)s2)cc1OC. The summed E-state index contributed by atoms with van der Waals surface area (Å²) in [6, 6.07) is 4.81. The third kappa shape index (κ3) is 3.98. The van der Waals surface area contributed by atoms with E-state index >= 15 is 0 Å². The first-order valence-electron chi connectivity index (χ1n) is 9.42. The van der Waals surface area contributed by atoms with Gasteiger partial charge >= 0.3 is 5.69 Å². The van der Waals surface area contributed by atoms with Gasteiger partial charge in [-0.3, -0.25) is 24.0 Å². The van der Waals surface area contributed by atoms with Crippen molar-refractivity contribution in [3.63, 3.8) is 0 Å². The highest BCUT2D eigenvalue weighted by Crippen LogP contribution is 2.33. The smallest absolute Gasteiger partial charge is 0.332 e. The summed E-state index contributed by atoms with van der Waals surface area (Å²) in [5.74, 6) is 0.560. The molecule has 33 heavy (non-hydrogen) atoms. The highest BCUT2D eigenvalue weighted by molar-refractivity contribution is 8.01. The molecule has 1 amide bonds. The van der Waals surface area contributed by atoms with Crippen LogP contribution in [0.15, 0.2) is 37.3 Å². The molecule has 0 atom stereocenters. The van der Waals surface area contributed by atoms with E-state index in [4.69, 9.17) is 9.47 Å². The van der Waals surface area contributed by atoms with Crippen LogP contribution in [0.5, 0.6) is 11.5 Å². The molecule has 4 rings (SSSR count). The van der Waals surface area contributed by atoms with Gasteiger partial charge in [-0.25, -0.2) is 9.78 Å². The van der Waals surface area contributed by atoms with E-state index in [1.807, 2.05) is 0 Å². The first-order chi connectivity index (χ1) is 15.7. The molecule has 0 fully saturated rings. The number of fused-ring (bicyclic) bond motifs is 1. The fourth-order valence-corrected chi connectivity index (χ4v) is 4.81. The maximum Gasteiger partial charge on any atom is 0.332 e. The maximum atomic E-state index is 12.6. The summed E-state index contributed by atoms with van der Waals surface area (Å²) >= 11 is 2.32. The number of amides is 1. The van der Waals surface area contributed by atoms with E-state index in [0.29, 0.717) is 37.2 Å². The van der Waals surface area contributed by atoms with Crippen LogP contribution in [0.1, 0.15) is 10.4 Å². The quantitative estimate of drug-likeness (QED) is 0.397. The molecule has 172 valence electrons. The number of carbonyl (C=O) groups is 1. The van der Waals surface area contributed by atoms with Gasteiger partial charge in [0.15, 0.2) is 32.2 Å². The van der Waals surface area contributed by atoms with Crippen molar-refractivity contribution in [2.75, 3.05) is 19.5 Å². The van der Waals surface area contributed by atoms with Crippen molar-refractivity contribution < 1.29 is 14.3 Å². The number of rotatable bonds is 6. The lowest BCUT2D eigenvalue weighted by Crippen LogP contribution is -2.37. The summed E-state index contributed by atoms with van der Waals surface area (Å²) in [7, 11) is 7.66. The first kappa shape index (κ1) is 22.5. The van der Waals surface area contributed by atoms with E-state index in [9.17, 15) is 14.4 Å². The predicted molar refractivity (Wildman–Crippen MR) is 123 cm³/mol. The van der Waals surface area contributed by atoms with Gasteiger partial charge in [-0.2, -0.15) is 0 Å². The van der Waals surface area contributed by atoms with E-state index in [1.54, 1.807) is 36.9 Å². The first-order valence-corrected chi connectivity index (χ1v) is 11.1. The van der Waals surface area contributed by atoms with E-state index < -0.39 is 11.2 Å². The Morgan fingerprint density at radius 2 is 1.76 bits per heavy atom. The van der Waals surface area contributed by atoms with Crippen LogP contribution in [0.25, 0.3) is 11.2 Å². The zero-order valence-corrected chi connectivity index (χ0v) is 19.9. The second-order valence-corrected chi connectivity index (χ2v) is 9.02. The number of nitrogens with one attached hydrogen (secondary N) is 1. The standard InChI is InChI=1S/C19H19N7O5S2/c1-24-12-13(25(2)19(29)26(3)15(12)28)20-17(24)33-18-23-22-16(32-18)21-14(27)9-6-7-10(30-4)11(8-9)31-5/h6-8H,1-5H3,(H,21,22,27). The van der Waals surface area contributed by atoms with Gasteiger partial charge in [0, 0.05) is 26.7 Å². The molecule has 0 unspecified atom stereocenters. The van der Waals surface area contributed by atoms with E-state index in [0.717, 1.165) is 15.9 Å². The number of imidazole rings is 1. The molecule has 1 aromatic carbocycles. The Hall–Kier alpha value is -3.65. The molecule has 14 heteroatoms. The van der Waals surface area contributed by atoms with Gasteiger partial charge in [0.1, 0.15) is 0 Å². The van der Waals surface area contributed by atoms with Crippen molar-refractivity contribution in [3.8, 4) is 11.5 Å². The van der Waals surface area contributed by atoms with Gasteiger partial charge in [-0.15, -0.1) is 10.2 Å². The number of ether oxygens (including phenoxy) is 2. The molecule has 4 aromatic rings. The normalized spacial score (nSPS) is 11.1. The molecular formula is C19H19N7O5S2. The van der Waals surface area contributed by atoms with Gasteiger partial charge in [0.2, 0.25) is 5.13 Å². The number of aromatic nitrogens is 6. The van der Waals surface area contributed by atoms with Crippen molar-refractivity contribution in [2.45, 2.75) is 9.50 Å². The number of carbonyl (C=O) groups excluding carboxylic acids is 1. The van der Waals surface area contributed by atoms with Crippen LogP contribution >= 0.6 is 23.1 Å². The van der Waals surface area contributed by atoms with Gasteiger partial charge in [0.25, 0.3) is 11.5 Å². The fraction of sp³-hybridized carbons (Fsp3) is 0.263. The summed E-state index contributed by atoms with van der Waals surface area (Å²) in [5.41, 5.74) is 0.0469. The number of hydrogen-bond acceptors (Lipinski definition) is 10. The zero-order chi connectivity index (χ0) is 23.9. The third-order valence-corrected chi connectivity index (χ3v) is 6.82. The second kappa shape index (κ2) is 8.71. The molecule has 0 radical (unpaired) electrons. The predicted octanol–water partition coefficient (Wildman–Crippen LogP) is 1.24. The highest BCUT2D eigenvalue weighted by Gasteiger charge is 2.19. The molecule has 1 N–H and O–H groups in total. The average molecular weight is 490 g/mol. The van der Waals surface area contributed by atoms with Crippen LogP contribution in [0.3, 0.4) is 0 Å². The minimum absolute atomic E-state index is 0.277. The number of benzene rings is 1. The number of nitrogens with zero attached hydrogens (tertiary/aromatic N) is 6. The van der Waals surface area contributed by atoms with Gasteiger partial charge in [0.05, 0.1) is 14.2 Å². The van der Waals surface area contributed by atoms with Crippen molar-refractivity contribution >= 4 is 45.3 Å². The van der Waals surface area contributed by atoms with Gasteiger partial charge < -0.3 is 14.0 Å². The number of methoxy groups -OCH3 is 2. The minimum Gasteiger partial charge on any atom is -0.493 e. The van der Waals surface area contributed by atoms with Crippen molar-refractivity contribution in [3.05, 3.63) is 44.6 Å². The van der Waals surface area contributed by atoms with Gasteiger partial charge in [-0.05, 0) is 30.0 Å². The Balaban J connectivity index is 1.57. The number of aryl methyl sites for hydroxylation is 2. The van der Waals surface area contributed by atoms with Crippen LogP contribution in [-0.2, 0) is 21.1 Å². The van der Waals surface area contributed by atoms with E-state index in [1.165, 1.54) is 37.6 Å². The summed E-state index contributed by atoms with van der Waals surface area (Å²) in [5, 5.41) is 11.5. The topological polar surface area (TPSA) is 135 Å². The molecule has 0 aliphatic heterocycles. The molecule has 0 saturated carbocycles. The molecule has 0 saturated heterocycles. The number of anilines is 1. The van der Waals surface area contributed by atoms with Crippen LogP contribution in [0.4, 0.5) is 5.13 Å². The van der Waals surface area contributed by atoms with E-state index in [-0.39, 0.29) is 11.6 Å². The Kier molecular flexibility index (Phi) is 5.95. The Bertz CT molecular complexity index is 1500. The lowest BCUT2D eigenvalue weighted by molar-refractivity contribution is 0.102. The van der Waals surface area contributed by atoms with Crippen molar-refractivity contribution in [2.24, 2.45) is 21.1 Å². The molecule has 0 aliphatic rings. The molecule has 12 nitrogen and oxygen atoms in total. The van der Waals surface area contributed by atoms with Crippen LogP contribution in [0.2, 0.25) is 0 Å². The minimum atomic E-state index is -0.460. The summed E-state index contributed by atoms with van der Waals surface area (Å²) in [4.78, 5) is 41.7. The van der Waals surface area contributed by atoms with E-state index in [2.05, 4.69) is 20.5 Å². The van der Waals surface area contributed by atoms with Crippen molar-refractivity contribution in [1.29, 1.82) is 0 Å². The summed E-state index contributed by atoms with van der Waals surface area (Å²) < 4.78 is 14.9. The Labute approximate surface area is 194 Å². The van der Waals surface area contributed by atoms with Crippen LogP contribution in [-0.4, -0.2) is 49.0 Å². The maximum absolute atomic E-state index is 12.6. The molecule has 3 heterocycles. The lowest BCUT2D eigenvalue weighted by atomic mass is 10.2.